The summed E-state index contributed by atoms with van der Waals surface area (Å²) in [6.45, 7) is 0. The molecule has 0 fully saturated rings. The second kappa shape index (κ2) is 4.90. The van der Waals surface area contributed by atoms with Crippen molar-refractivity contribution < 1.29 is 17.9 Å². The van der Waals surface area contributed by atoms with Crippen LogP contribution in [0.5, 0.6) is 5.75 Å². The van der Waals surface area contributed by atoms with E-state index in [0.29, 0.717) is 5.82 Å². The van der Waals surface area contributed by atoms with E-state index in [4.69, 9.17) is 0 Å². The molecule has 0 aromatic carbocycles. The smallest absolute Gasteiger partial charge is 0.404 e. The molecular formula is C7H8ClF3N2O. The molecule has 0 atom stereocenters. The molecule has 0 aliphatic rings. The fourth-order valence-electron chi connectivity index (χ4n) is 0.722. The van der Waals surface area contributed by atoms with Crippen LogP contribution in [0.25, 0.3) is 0 Å². The Morgan fingerprint density at radius 2 is 2.00 bits per heavy atom. The monoisotopic (exact) mass is 228 g/mol. The molecule has 0 aliphatic carbocycles. The van der Waals surface area contributed by atoms with Gasteiger partial charge in [-0.15, -0.1) is 25.6 Å². The Kier molecular flexibility index (Phi) is 4.49. The summed E-state index contributed by atoms with van der Waals surface area (Å²) in [5.74, 6) is 0.154. The number of rotatable bonds is 2. The largest absolute Gasteiger partial charge is 0.573 e. The van der Waals surface area contributed by atoms with E-state index in [0.717, 1.165) is 6.20 Å². The van der Waals surface area contributed by atoms with Gasteiger partial charge in [0.05, 0.1) is 6.20 Å². The lowest BCUT2D eigenvalue weighted by molar-refractivity contribution is -0.274. The van der Waals surface area contributed by atoms with Gasteiger partial charge in [0.25, 0.3) is 0 Å². The summed E-state index contributed by atoms with van der Waals surface area (Å²) in [6, 6.07) is 2.58. The minimum Gasteiger partial charge on any atom is -0.404 e. The lowest BCUT2D eigenvalue weighted by Crippen LogP contribution is -2.17. The zero-order chi connectivity index (χ0) is 9.90. The van der Waals surface area contributed by atoms with Gasteiger partial charge in [0.2, 0.25) is 0 Å². The highest BCUT2D eigenvalue weighted by Crippen LogP contribution is 2.22. The Bertz CT molecular complexity index is 275. The third-order valence-electron chi connectivity index (χ3n) is 1.23. The van der Waals surface area contributed by atoms with Gasteiger partial charge in [-0.25, -0.2) is 4.98 Å². The molecule has 0 spiro atoms. The normalized spacial score (nSPS) is 10.3. The maximum atomic E-state index is 11.7. The molecule has 3 nitrogen and oxygen atoms in total. The number of ether oxygens (including phenoxy) is 1. The standard InChI is InChI=1S/C7H7F3N2O.ClH/c1-11-6-3-2-5(4-12-6)13-7(8,9)10;/h2-4H,1H3,(H,11,12);1H. The number of hydrogen-bond acceptors (Lipinski definition) is 3. The van der Waals surface area contributed by atoms with Crippen LogP contribution < -0.4 is 10.1 Å². The first kappa shape index (κ1) is 12.8. The molecule has 1 aromatic heterocycles. The van der Waals surface area contributed by atoms with Crippen molar-refractivity contribution >= 4 is 18.2 Å². The number of nitrogens with one attached hydrogen (secondary N) is 1. The van der Waals surface area contributed by atoms with Crippen LogP contribution in [0.3, 0.4) is 0 Å². The molecule has 1 N–H and O–H groups in total. The van der Waals surface area contributed by atoms with Gasteiger partial charge in [-0.2, -0.15) is 0 Å². The molecule has 1 rings (SSSR count). The third-order valence-corrected chi connectivity index (χ3v) is 1.23. The molecule has 0 saturated carbocycles. The highest BCUT2D eigenvalue weighted by atomic mass is 35.5. The molecule has 0 amide bonds. The third kappa shape index (κ3) is 4.18. The van der Waals surface area contributed by atoms with Crippen LogP contribution in [-0.4, -0.2) is 18.4 Å². The zero-order valence-corrected chi connectivity index (χ0v) is 7.95. The lowest BCUT2D eigenvalue weighted by atomic mass is 10.4. The zero-order valence-electron chi connectivity index (χ0n) is 7.13. The van der Waals surface area contributed by atoms with Crippen LogP contribution in [0.2, 0.25) is 0 Å². The maximum absolute atomic E-state index is 11.7. The summed E-state index contributed by atoms with van der Waals surface area (Å²) >= 11 is 0. The number of halogens is 4. The average molecular weight is 229 g/mol. The van der Waals surface area contributed by atoms with Gasteiger partial charge in [0.1, 0.15) is 11.6 Å². The van der Waals surface area contributed by atoms with Crippen LogP contribution in [0.1, 0.15) is 0 Å². The van der Waals surface area contributed by atoms with E-state index >= 15 is 0 Å². The van der Waals surface area contributed by atoms with Crippen molar-refractivity contribution in [1.82, 2.24) is 4.98 Å². The van der Waals surface area contributed by atoms with Crippen LogP contribution in [0, 0.1) is 0 Å². The molecule has 0 aliphatic heterocycles. The van der Waals surface area contributed by atoms with E-state index in [1.807, 2.05) is 0 Å². The second-order valence-corrected chi connectivity index (χ2v) is 2.18. The van der Waals surface area contributed by atoms with Gasteiger partial charge in [-0.3, -0.25) is 0 Å². The number of pyridine rings is 1. The van der Waals surface area contributed by atoms with Gasteiger partial charge in [-0.1, -0.05) is 0 Å². The Morgan fingerprint density at radius 3 is 2.36 bits per heavy atom. The second-order valence-electron chi connectivity index (χ2n) is 2.18. The van der Waals surface area contributed by atoms with E-state index in [2.05, 4.69) is 15.0 Å². The Morgan fingerprint density at radius 1 is 1.36 bits per heavy atom. The molecule has 7 heteroatoms. The topological polar surface area (TPSA) is 34.1 Å². The van der Waals surface area contributed by atoms with E-state index in [9.17, 15) is 13.2 Å². The summed E-state index contributed by atoms with van der Waals surface area (Å²) < 4.78 is 38.6. The number of aromatic nitrogens is 1. The summed E-state index contributed by atoms with van der Waals surface area (Å²) in [7, 11) is 1.62. The van der Waals surface area contributed by atoms with Crippen molar-refractivity contribution in [3.05, 3.63) is 18.3 Å². The molecule has 80 valence electrons. The predicted molar refractivity (Wildman–Crippen MR) is 47.7 cm³/mol. The van der Waals surface area contributed by atoms with Crippen molar-refractivity contribution in [1.29, 1.82) is 0 Å². The van der Waals surface area contributed by atoms with E-state index in [-0.39, 0.29) is 18.2 Å². The van der Waals surface area contributed by atoms with Gasteiger partial charge >= 0.3 is 6.36 Å². The van der Waals surface area contributed by atoms with Crippen LogP contribution in [-0.2, 0) is 0 Å². The molecule has 1 heterocycles. The van der Waals surface area contributed by atoms with Crippen LogP contribution in [0.4, 0.5) is 19.0 Å². The van der Waals surface area contributed by atoms with E-state index in [1.165, 1.54) is 12.1 Å². The van der Waals surface area contributed by atoms with Gasteiger partial charge < -0.3 is 10.1 Å². The number of nitrogens with zero attached hydrogens (tertiary/aromatic N) is 1. The quantitative estimate of drug-likeness (QED) is 0.844. The minimum absolute atomic E-state index is 0. The molecule has 0 saturated heterocycles. The lowest BCUT2D eigenvalue weighted by Gasteiger charge is -2.08. The van der Waals surface area contributed by atoms with E-state index < -0.39 is 6.36 Å². The first-order chi connectivity index (χ1) is 6.01. The SMILES string of the molecule is CNc1ccc(OC(F)(F)F)cn1.Cl. The van der Waals surface area contributed by atoms with Gasteiger partial charge in [-0.05, 0) is 12.1 Å². The van der Waals surface area contributed by atoms with Crippen LogP contribution >= 0.6 is 12.4 Å². The van der Waals surface area contributed by atoms with Gasteiger partial charge in [0.15, 0.2) is 0 Å². The minimum atomic E-state index is -4.66. The highest BCUT2D eigenvalue weighted by Gasteiger charge is 2.31. The van der Waals surface area contributed by atoms with Crippen LogP contribution in [0.15, 0.2) is 18.3 Å². The van der Waals surface area contributed by atoms with Crippen molar-refractivity contribution in [2.75, 3.05) is 12.4 Å². The van der Waals surface area contributed by atoms with Crippen molar-refractivity contribution in [3.8, 4) is 5.75 Å². The first-order valence-electron chi connectivity index (χ1n) is 3.41. The Balaban J connectivity index is 0.00000169. The number of alkyl halides is 3. The van der Waals surface area contributed by atoms with Crippen molar-refractivity contribution in [2.24, 2.45) is 0 Å². The van der Waals surface area contributed by atoms with Crippen molar-refractivity contribution in [3.63, 3.8) is 0 Å². The molecule has 14 heavy (non-hydrogen) atoms. The van der Waals surface area contributed by atoms with E-state index in [1.54, 1.807) is 7.05 Å². The predicted octanol–water partition coefficient (Wildman–Crippen LogP) is 2.44. The average Bonchev–Trinajstić information content (AvgIpc) is 2.03. The molecule has 0 bridgehead atoms. The Labute approximate surface area is 84.7 Å². The highest BCUT2D eigenvalue weighted by molar-refractivity contribution is 5.85. The number of anilines is 1. The molecule has 0 unspecified atom stereocenters. The maximum Gasteiger partial charge on any atom is 0.573 e. The fraction of sp³-hybridized carbons (Fsp3) is 0.286. The van der Waals surface area contributed by atoms with Gasteiger partial charge in [0, 0.05) is 7.05 Å². The fourth-order valence-corrected chi connectivity index (χ4v) is 0.722. The summed E-state index contributed by atoms with van der Waals surface area (Å²) in [4.78, 5) is 3.65. The number of hydrogen-bond donors (Lipinski definition) is 1. The summed E-state index contributed by atoms with van der Waals surface area (Å²) in [5, 5.41) is 2.67. The molecule has 0 radical (unpaired) electrons. The molecular weight excluding hydrogens is 221 g/mol. The summed E-state index contributed by atoms with van der Waals surface area (Å²) in [6.07, 6.45) is -3.66. The van der Waals surface area contributed by atoms with Crippen molar-refractivity contribution in [2.45, 2.75) is 6.36 Å². The summed E-state index contributed by atoms with van der Waals surface area (Å²) in [5.41, 5.74) is 0. The molecule has 1 aromatic rings. The first-order valence-corrected chi connectivity index (χ1v) is 3.41. The Hall–Kier alpha value is -1.17.